The summed E-state index contributed by atoms with van der Waals surface area (Å²) in [4.78, 5) is 12.3. The number of piperazine rings is 1. The highest BCUT2D eigenvalue weighted by molar-refractivity contribution is 7.88. The Morgan fingerprint density at radius 3 is 2.42 bits per heavy atom. The minimum absolute atomic E-state index is 0.182. The van der Waals surface area contributed by atoms with Crippen LogP contribution < -0.4 is 5.32 Å². The minimum Gasteiger partial charge on any atom is -0.353 e. The number of carbonyl (C=O) groups excluding carboxylic acids is 1. The van der Waals surface area contributed by atoms with Crippen LogP contribution in [-0.4, -0.2) is 31.7 Å². The highest BCUT2D eigenvalue weighted by Gasteiger charge is 2.38. The summed E-state index contributed by atoms with van der Waals surface area (Å²) in [6, 6.07) is 13.2. The van der Waals surface area contributed by atoms with Crippen molar-refractivity contribution in [3.63, 3.8) is 0 Å². The van der Waals surface area contributed by atoms with Crippen molar-refractivity contribution in [3.8, 4) is 0 Å². The van der Waals surface area contributed by atoms with Gasteiger partial charge in [-0.25, -0.2) is 12.8 Å². The second-order valence-corrected chi connectivity index (χ2v) is 7.52. The van der Waals surface area contributed by atoms with Gasteiger partial charge in [-0.3, -0.25) is 4.79 Å². The molecule has 1 N–H and O–H groups in total. The van der Waals surface area contributed by atoms with E-state index in [1.807, 2.05) is 6.07 Å². The van der Waals surface area contributed by atoms with Crippen LogP contribution in [0, 0.1) is 5.82 Å². The Morgan fingerprint density at radius 2 is 1.75 bits per heavy atom. The number of nitrogens with one attached hydrogen (secondary N) is 1. The number of hydrogen-bond acceptors (Lipinski definition) is 3. The van der Waals surface area contributed by atoms with Crippen LogP contribution in [0.15, 0.2) is 54.6 Å². The zero-order chi connectivity index (χ0) is 17.2. The average Bonchev–Trinajstić information content (AvgIpc) is 2.56. The first kappa shape index (κ1) is 16.6. The maximum Gasteiger partial charge on any atom is 0.243 e. The summed E-state index contributed by atoms with van der Waals surface area (Å²) in [6.45, 7) is 0.438. The second-order valence-electron chi connectivity index (χ2n) is 5.60. The molecule has 1 unspecified atom stereocenters. The Morgan fingerprint density at radius 1 is 1.08 bits per heavy atom. The molecule has 1 saturated heterocycles. The van der Waals surface area contributed by atoms with E-state index in [1.54, 1.807) is 24.3 Å². The highest BCUT2D eigenvalue weighted by Crippen LogP contribution is 2.28. The molecule has 1 heterocycles. The van der Waals surface area contributed by atoms with Crippen molar-refractivity contribution < 1.29 is 17.6 Å². The summed E-state index contributed by atoms with van der Waals surface area (Å²) >= 11 is 0. The van der Waals surface area contributed by atoms with Gasteiger partial charge in [0.1, 0.15) is 11.9 Å². The first-order valence-corrected chi connectivity index (χ1v) is 9.15. The van der Waals surface area contributed by atoms with Crippen molar-refractivity contribution in [2.45, 2.75) is 11.8 Å². The van der Waals surface area contributed by atoms with Crippen LogP contribution in [0.5, 0.6) is 0 Å². The number of carbonyl (C=O) groups is 1. The molecule has 1 atom stereocenters. The van der Waals surface area contributed by atoms with Crippen molar-refractivity contribution in [1.29, 1.82) is 0 Å². The Kier molecular flexibility index (Phi) is 4.64. The van der Waals surface area contributed by atoms with Gasteiger partial charge in [0.2, 0.25) is 15.9 Å². The van der Waals surface area contributed by atoms with Crippen molar-refractivity contribution >= 4 is 15.9 Å². The van der Waals surface area contributed by atoms with E-state index in [0.717, 1.165) is 0 Å². The lowest BCUT2D eigenvalue weighted by Gasteiger charge is -2.34. The molecule has 7 heteroatoms. The molecule has 126 valence electrons. The molecule has 0 bridgehead atoms. The minimum atomic E-state index is -3.70. The normalized spacial score (nSPS) is 19.0. The van der Waals surface area contributed by atoms with Crippen LogP contribution in [0.25, 0.3) is 0 Å². The first-order chi connectivity index (χ1) is 11.5. The van der Waals surface area contributed by atoms with Crippen molar-refractivity contribution in [1.82, 2.24) is 9.62 Å². The molecule has 5 nitrogen and oxygen atoms in total. The van der Waals surface area contributed by atoms with E-state index in [1.165, 1.54) is 28.6 Å². The average molecular weight is 348 g/mol. The Labute approximate surface area is 140 Å². The lowest BCUT2D eigenvalue weighted by molar-refractivity contribution is -0.126. The number of benzene rings is 2. The molecule has 0 radical (unpaired) electrons. The number of rotatable bonds is 4. The fourth-order valence-corrected chi connectivity index (χ4v) is 4.46. The summed E-state index contributed by atoms with van der Waals surface area (Å²) in [5.41, 5.74) is 1.10. The van der Waals surface area contributed by atoms with Crippen LogP contribution in [0.1, 0.15) is 17.2 Å². The van der Waals surface area contributed by atoms with Gasteiger partial charge in [0, 0.05) is 13.1 Å². The van der Waals surface area contributed by atoms with E-state index in [-0.39, 0.29) is 18.8 Å². The standard InChI is InChI=1S/C17H17FN2O3S/c18-15-8-6-14(7-9-15)16-17(21)19-10-11-20(16)24(22,23)12-13-4-2-1-3-5-13/h1-9,16H,10-12H2,(H,19,21). The molecular formula is C17H17FN2O3S. The fourth-order valence-electron chi connectivity index (χ4n) is 2.78. The monoisotopic (exact) mass is 348 g/mol. The quantitative estimate of drug-likeness (QED) is 0.917. The maximum absolute atomic E-state index is 13.1. The molecule has 0 aromatic heterocycles. The maximum atomic E-state index is 13.1. The molecule has 1 aliphatic heterocycles. The Bertz CT molecular complexity index is 823. The van der Waals surface area contributed by atoms with Gasteiger partial charge in [-0.2, -0.15) is 4.31 Å². The Hall–Kier alpha value is -2.25. The molecule has 3 rings (SSSR count). The van der Waals surface area contributed by atoms with E-state index in [9.17, 15) is 17.6 Å². The van der Waals surface area contributed by atoms with Crippen LogP contribution >= 0.6 is 0 Å². The number of amides is 1. The van der Waals surface area contributed by atoms with Gasteiger partial charge in [0.25, 0.3) is 0 Å². The number of nitrogens with zero attached hydrogens (tertiary/aromatic N) is 1. The molecule has 0 spiro atoms. The topological polar surface area (TPSA) is 66.5 Å². The molecular weight excluding hydrogens is 331 g/mol. The molecule has 2 aromatic carbocycles. The van der Waals surface area contributed by atoms with Gasteiger partial charge in [-0.15, -0.1) is 0 Å². The van der Waals surface area contributed by atoms with E-state index in [2.05, 4.69) is 5.32 Å². The van der Waals surface area contributed by atoms with E-state index in [0.29, 0.717) is 11.1 Å². The van der Waals surface area contributed by atoms with E-state index in [4.69, 9.17) is 0 Å². The Balaban J connectivity index is 1.93. The van der Waals surface area contributed by atoms with Gasteiger partial charge in [0.05, 0.1) is 5.75 Å². The lowest BCUT2D eigenvalue weighted by Crippen LogP contribution is -2.52. The zero-order valence-electron chi connectivity index (χ0n) is 12.9. The van der Waals surface area contributed by atoms with E-state index >= 15 is 0 Å². The van der Waals surface area contributed by atoms with Gasteiger partial charge in [0.15, 0.2) is 0 Å². The van der Waals surface area contributed by atoms with Gasteiger partial charge in [-0.05, 0) is 23.3 Å². The molecule has 0 saturated carbocycles. The molecule has 24 heavy (non-hydrogen) atoms. The zero-order valence-corrected chi connectivity index (χ0v) is 13.7. The van der Waals surface area contributed by atoms with Crippen molar-refractivity contribution in [2.24, 2.45) is 0 Å². The van der Waals surface area contributed by atoms with Gasteiger partial charge < -0.3 is 5.32 Å². The number of sulfonamides is 1. The van der Waals surface area contributed by atoms with Crippen LogP contribution in [-0.2, 0) is 20.6 Å². The second kappa shape index (κ2) is 6.70. The summed E-state index contributed by atoms with van der Waals surface area (Å²) in [5, 5.41) is 2.67. The molecule has 2 aromatic rings. The summed E-state index contributed by atoms with van der Waals surface area (Å²) in [5.74, 6) is -1.02. The largest absolute Gasteiger partial charge is 0.353 e. The molecule has 1 fully saturated rings. The van der Waals surface area contributed by atoms with Crippen LogP contribution in [0.4, 0.5) is 4.39 Å². The highest BCUT2D eigenvalue weighted by atomic mass is 32.2. The first-order valence-electron chi connectivity index (χ1n) is 7.54. The number of hydrogen-bond donors (Lipinski definition) is 1. The van der Waals surface area contributed by atoms with Crippen molar-refractivity contribution in [2.75, 3.05) is 13.1 Å². The van der Waals surface area contributed by atoms with Gasteiger partial charge in [-0.1, -0.05) is 42.5 Å². The third kappa shape index (κ3) is 3.47. The summed E-state index contributed by atoms with van der Waals surface area (Å²) < 4.78 is 40.0. The number of halogens is 1. The van der Waals surface area contributed by atoms with Crippen molar-refractivity contribution in [3.05, 3.63) is 71.5 Å². The third-order valence-electron chi connectivity index (χ3n) is 3.90. The molecule has 1 aliphatic rings. The molecule has 0 aliphatic carbocycles. The van der Waals surface area contributed by atoms with Crippen LogP contribution in [0.3, 0.4) is 0 Å². The predicted molar refractivity (Wildman–Crippen MR) is 87.9 cm³/mol. The SMILES string of the molecule is O=C1NCCN(S(=O)(=O)Cc2ccccc2)C1c1ccc(F)cc1. The fraction of sp³-hybridized carbons (Fsp3) is 0.235. The summed E-state index contributed by atoms with van der Waals surface area (Å²) in [7, 11) is -3.70. The lowest BCUT2D eigenvalue weighted by atomic mass is 10.0. The van der Waals surface area contributed by atoms with E-state index < -0.39 is 27.8 Å². The summed E-state index contributed by atoms with van der Waals surface area (Å²) in [6.07, 6.45) is 0. The third-order valence-corrected chi connectivity index (χ3v) is 5.71. The molecule has 1 amide bonds. The predicted octanol–water partition coefficient (Wildman–Crippen LogP) is 1.83. The smallest absolute Gasteiger partial charge is 0.243 e. The van der Waals surface area contributed by atoms with Gasteiger partial charge >= 0.3 is 0 Å². The van der Waals surface area contributed by atoms with Crippen LogP contribution in [0.2, 0.25) is 0 Å².